The second-order valence-electron chi connectivity index (χ2n) is 4.24. The number of hydrogen-bond donors (Lipinski definition) is 1. The molecule has 0 saturated heterocycles. The molecule has 1 aliphatic rings. The minimum absolute atomic E-state index is 0.0783. The minimum atomic E-state index is -0.471. The first-order valence-electron chi connectivity index (χ1n) is 5.79. The molecule has 0 unspecified atom stereocenters. The van der Waals surface area contributed by atoms with E-state index in [-0.39, 0.29) is 10.7 Å². The normalized spacial score (nSPS) is 14.2. The number of benzene rings is 1. The minimum Gasteiger partial charge on any atom is -0.311 e. The molecule has 1 aromatic heterocycles. The third-order valence-corrected chi connectivity index (χ3v) is 4.46. The maximum atomic E-state index is 10.9. The van der Waals surface area contributed by atoms with Crippen molar-refractivity contribution in [3.05, 3.63) is 43.9 Å². The van der Waals surface area contributed by atoms with Crippen LogP contribution in [0.2, 0.25) is 5.02 Å². The Morgan fingerprint density at radius 3 is 3.05 bits per heavy atom. The lowest BCUT2D eigenvalue weighted by Gasteiger charge is -2.09. The molecule has 0 fully saturated rings. The van der Waals surface area contributed by atoms with Crippen LogP contribution in [0.4, 0.5) is 5.69 Å². The van der Waals surface area contributed by atoms with Crippen molar-refractivity contribution in [1.82, 2.24) is 10.3 Å². The fourth-order valence-electron chi connectivity index (χ4n) is 2.03. The van der Waals surface area contributed by atoms with Crippen molar-refractivity contribution in [2.24, 2.45) is 0 Å². The van der Waals surface area contributed by atoms with Crippen molar-refractivity contribution in [1.29, 1.82) is 0 Å². The van der Waals surface area contributed by atoms with Gasteiger partial charge >= 0.3 is 0 Å². The standard InChI is InChI=1S/C12H10ClN3O2S/c13-8-2-1-7(5-10(8)16(17)18)12-15-9-3-4-14-6-11(9)19-12/h1-2,5,14H,3-4,6H2. The predicted molar refractivity (Wildman–Crippen MR) is 74.6 cm³/mol. The number of nitro groups is 1. The molecule has 2 aromatic rings. The van der Waals surface area contributed by atoms with Crippen LogP contribution in [0.15, 0.2) is 18.2 Å². The Labute approximate surface area is 118 Å². The fourth-order valence-corrected chi connectivity index (χ4v) is 3.29. The number of nitrogens with one attached hydrogen (secondary N) is 1. The molecular formula is C12H10ClN3O2S. The first kappa shape index (κ1) is 12.5. The van der Waals surface area contributed by atoms with Crippen LogP contribution in [-0.2, 0) is 13.0 Å². The Hall–Kier alpha value is -1.50. The van der Waals surface area contributed by atoms with E-state index in [0.29, 0.717) is 0 Å². The van der Waals surface area contributed by atoms with Crippen molar-refractivity contribution >= 4 is 28.6 Å². The molecule has 2 heterocycles. The summed E-state index contributed by atoms with van der Waals surface area (Å²) in [5, 5.41) is 15.1. The van der Waals surface area contributed by atoms with E-state index in [1.165, 1.54) is 10.9 Å². The zero-order valence-electron chi connectivity index (χ0n) is 9.85. The second kappa shape index (κ2) is 4.88. The van der Waals surface area contributed by atoms with E-state index in [2.05, 4.69) is 10.3 Å². The summed E-state index contributed by atoms with van der Waals surface area (Å²) in [5.41, 5.74) is 1.76. The molecule has 1 aliphatic heterocycles. The molecule has 0 atom stereocenters. The first-order chi connectivity index (χ1) is 9.15. The number of hydrogen-bond acceptors (Lipinski definition) is 5. The van der Waals surface area contributed by atoms with Crippen LogP contribution in [0.25, 0.3) is 10.6 Å². The van der Waals surface area contributed by atoms with Crippen LogP contribution in [0.1, 0.15) is 10.6 Å². The van der Waals surface area contributed by atoms with Gasteiger partial charge in [0.25, 0.3) is 5.69 Å². The smallest absolute Gasteiger partial charge is 0.288 e. The molecule has 0 saturated carbocycles. The van der Waals surface area contributed by atoms with Gasteiger partial charge in [-0.3, -0.25) is 10.1 Å². The first-order valence-corrected chi connectivity index (χ1v) is 6.98. The fraction of sp³-hybridized carbons (Fsp3) is 0.250. The van der Waals surface area contributed by atoms with Crippen molar-refractivity contribution in [2.75, 3.05) is 6.54 Å². The van der Waals surface area contributed by atoms with Gasteiger partial charge in [-0.2, -0.15) is 0 Å². The van der Waals surface area contributed by atoms with Gasteiger partial charge in [0, 0.05) is 36.0 Å². The van der Waals surface area contributed by atoms with Gasteiger partial charge in [-0.25, -0.2) is 4.98 Å². The number of fused-ring (bicyclic) bond motifs is 1. The SMILES string of the molecule is O=[N+]([O-])c1cc(-c2nc3c(s2)CNCC3)ccc1Cl. The summed E-state index contributed by atoms with van der Waals surface area (Å²) in [4.78, 5) is 16.2. The van der Waals surface area contributed by atoms with Crippen LogP contribution in [0, 0.1) is 10.1 Å². The molecule has 0 radical (unpaired) electrons. The Balaban J connectivity index is 2.04. The van der Waals surface area contributed by atoms with Crippen LogP contribution >= 0.6 is 22.9 Å². The number of halogens is 1. The topological polar surface area (TPSA) is 68.1 Å². The summed E-state index contributed by atoms with van der Waals surface area (Å²) in [7, 11) is 0. The van der Waals surface area contributed by atoms with E-state index in [1.807, 2.05) is 0 Å². The summed E-state index contributed by atoms with van der Waals surface area (Å²) in [6, 6.07) is 4.81. The summed E-state index contributed by atoms with van der Waals surface area (Å²) < 4.78 is 0. The van der Waals surface area contributed by atoms with Gasteiger partial charge in [0.1, 0.15) is 10.0 Å². The predicted octanol–water partition coefficient (Wildman–Crippen LogP) is 3.02. The van der Waals surface area contributed by atoms with Gasteiger partial charge in [0.2, 0.25) is 0 Å². The molecule has 7 heteroatoms. The van der Waals surface area contributed by atoms with Gasteiger partial charge in [-0.1, -0.05) is 11.6 Å². The average Bonchev–Trinajstić information content (AvgIpc) is 2.82. The van der Waals surface area contributed by atoms with Crippen molar-refractivity contribution < 1.29 is 4.92 Å². The monoisotopic (exact) mass is 295 g/mol. The molecule has 1 aromatic carbocycles. The van der Waals surface area contributed by atoms with Crippen molar-refractivity contribution in [3.8, 4) is 10.6 Å². The maximum absolute atomic E-state index is 10.9. The zero-order valence-corrected chi connectivity index (χ0v) is 11.4. The highest BCUT2D eigenvalue weighted by Crippen LogP contribution is 2.34. The van der Waals surface area contributed by atoms with Crippen LogP contribution in [0.3, 0.4) is 0 Å². The number of thiazole rings is 1. The highest BCUT2D eigenvalue weighted by molar-refractivity contribution is 7.15. The number of nitro benzene ring substituents is 1. The highest BCUT2D eigenvalue weighted by Gasteiger charge is 2.18. The van der Waals surface area contributed by atoms with Crippen LogP contribution in [-0.4, -0.2) is 16.5 Å². The lowest BCUT2D eigenvalue weighted by Crippen LogP contribution is -2.22. The van der Waals surface area contributed by atoms with Gasteiger partial charge in [-0.05, 0) is 12.1 Å². The molecular weight excluding hydrogens is 286 g/mol. The van der Waals surface area contributed by atoms with E-state index in [1.54, 1.807) is 23.5 Å². The lowest BCUT2D eigenvalue weighted by atomic mass is 10.2. The van der Waals surface area contributed by atoms with E-state index < -0.39 is 4.92 Å². The Kier molecular flexibility index (Phi) is 3.22. The highest BCUT2D eigenvalue weighted by atomic mass is 35.5. The van der Waals surface area contributed by atoms with Gasteiger partial charge in [-0.15, -0.1) is 11.3 Å². The second-order valence-corrected chi connectivity index (χ2v) is 5.73. The quantitative estimate of drug-likeness (QED) is 0.683. The maximum Gasteiger partial charge on any atom is 0.288 e. The zero-order chi connectivity index (χ0) is 13.4. The van der Waals surface area contributed by atoms with Gasteiger partial charge < -0.3 is 5.32 Å². The molecule has 98 valence electrons. The molecule has 0 spiro atoms. The largest absolute Gasteiger partial charge is 0.311 e. The third-order valence-electron chi connectivity index (χ3n) is 2.99. The van der Waals surface area contributed by atoms with E-state index in [9.17, 15) is 10.1 Å². The third kappa shape index (κ3) is 2.34. The lowest BCUT2D eigenvalue weighted by molar-refractivity contribution is -0.384. The number of rotatable bonds is 2. The van der Waals surface area contributed by atoms with Crippen LogP contribution < -0.4 is 5.32 Å². The van der Waals surface area contributed by atoms with Gasteiger partial charge in [0.05, 0.1) is 10.6 Å². The summed E-state index contributed by atoms with van der Waals surface area (Å²) in [6.07, 6.45) is 0.904. The molecule has 0 aliphatic carbocycles. The van der Waals surface area contributed by atoms with Crippen molar-refractivity contribution in [3.63, 3.8) is 0 Å². The van der Waals surface area contributed by atoms with Crippen molar-refractivity contribution in [2.45, 2.75) is 13.0 Å². The summed E-state index contributed by atoms with van der Waals surface area (Å²) in [5.74, 6) is 0. The van der Waals surface area contributed by atoms with Crippen LogP contribution in [0.5, 0.6) is 0 Å². The molecule has 3 rings (SSSR count). The molecule has 0 amide bonds. The molecule has 5 nitrogen and oxygen atoms in total. The molecule has 1 N–H and O–H groups in total. The molecule has 0 bridgehead atoms. The van der Waals surface area contributed by atoms with E-state index in [0.717, 1.165) is 35.8 Å². The number of aromatic nitrogens is 1. The van der Waals surface area contributed by atoms with E-state index >= 15 is 0 Å². The Bertz CT molecular complexity index is 633. The Morgan fingerprint density at radius 2 is 2.32 bits per heavy atom. The average molecular weight is 296 g/mol. The molecule has 19 heavy (non-hydrogen) atoms. The summed E-state index contributed by atoms with van der Waals surface area (Å²) >= 11 is 7.39. The Morgan fingerprint density at radius 1 is 1.47 bits per heavy atom. The van der Waals surface area contributed by atoms with E-state index in [4.69, 9.17) is 11.6 Å². The number of nitrogens with zero attached hydrogens (tertiary/aromatic N) is 2. The van der Waals surface area contributed by atoms with Gasteiger partial charge in [0.15, 0.2) is 0 Å². The summed E-state index contributed by atoms with van der Waals surface area (Å²) in [6.45, 7) is 1.75.